The van der Waals surface area contributed by atoms with Gasteiger partial charge in [-0.1, -0.05) is 6.08 Å². The van der Waals surface area contributed by atoms with E-state index in [4.69, 9.17) is 0 Å². The number of piperidine rings is 1. The van der Waals surface area contributed by atoms with Crippen LogP contribution in [-0.4, -0.2) is 43.8 Å². The number of nitrogens with one attached hydrogen (secondary N) is 1. The standard InChI is InChI=1S/C12H19F3N2/c13-12(14,15)11-3-7-17(8-4-11)9-10-1-5-16-6-2-10/h3,10,16H,1-2,4-9H2. The number of halogens is 3. The minimum atomic E-state index is -4.12. The third-order valence-corrected chi connectivity index (χ3v) is 3.63. The van der Waals surface area contributed by atoms with Crippen molar-refractivity contribution >= 4 is 0 Å². The van der Waals surface area contributed by atoms with Gasteiger partial charge in [-0.25, -0.2) is 0 Å². The van der Waals surface area contributed by atoms with Crippen LogP contribution in [0.15, 0.2) is 11.6 Å². The molecule has 0 saturated carbocycles. The quantitative estimate of drug-likeness (QED) is 0.753. The molecule has 0 aliphatic carbocycles. The highest BCUT2D eigenvalue weighted by Gasteiger charge is 2.34. The van der Waals surface area contributed by atoms with Crippen molar-refractivity contribution < 1.29 is 13.2 Å². The molecule has 1 fully saturated rings. The van der Waals surface area contributed by atoms with Crippen molar-refractivity contribution in [2.45, 2.75) is 25.4 Å². The van der Waals surface area contributed by atoms with Crippen LogP contribution >= 0.6 is 0 Å². The highest BCUT2D eigenvalue weighted by atomic mass is 19.4. The van der Waals surface area contributed by atoms with Crippen molar-refractivity contribution in [2.75, 3.05) is 32.7 Å². The number of rotatable bonds is 2. The van der Waals surface area contributed by atoms with Gasteiger partial charge in [-0.2, -0.15) is 13.2 Å². The lowest BCUT2D eigenvalue weighted by Crippen LogP contribution is -2.39. The molecule has 2 aliphatic heterocycles. The normalized spacial score (nSPS) is 24.8. The molecule has 17 heavy (non-hydrogen) atoms. The van der Waals surface area contributed by atoms with Gasteiger partial charge in [0.15, 0.2) is 0 Å². The zero-order valence-corrected chi connectivity index (χ0v) is 9.89. The highest BCUT2D eigenvalue weighted by molar-refractivity contribution is 5.13. The summed E-state index contributed by atoms with van der Waals surface area (Å²) in [6.45, 7) is 4.04. The Balaban J connectivity index is 1.80. The van der Waals surface area contributed by atoms with Gasteiger partial charge < -0.3 is 5.32 Å². The third kappa shape index (κ3) is 3.71. The SMILES string of the molecule is FC(F)(F)C1=CCN(CC2CCNCC2)CC1. The molecule has 5 heteroatoms. The van der Waals surface area contributed by atoms with E-state index in [0.29, 0.717) is 19.0 Å². The number of hydrogen-bond donors (Lipinski definition) is 1. The van der Waals surface area contributed by atoms with Crippen LogP contribution in [0.25, 0.3) is 0 Å². The lowest BCUT2D eigenvalue weighted by atomic mass is 9.96. The summed E-state index contributed by atoms with van der Waals surface area (Å²) in [7, 11) is 0. The largest absolute Gasteiger partial charge is 0.412 e. The maximum absolute atomic E-state index is 12.4. The van der Waals surface area contributed by atoms with Crippen molar-refractivity contribution in [3.8, 4) is 0 Å². The fourth-order valence-electron chi connectivity index (χ4n) is 2.56. The van der Waals surface area contributed by atoms with E-state index < -0.39 is 6.18 Å². The molecule has 0 aromatic heterocycles. The van der Waals surface area contributed by atoms with Gasteiger partial charge in [-0.3, -0.25) is 4.90 Å². The Morgan fingerprint density at radius 2 is 2.00 bits per heavy atom. The van der Waals surface area contributed by atoms with Crippen LogP contribution in [0.3, 0.4) is 0 Å². The van der Waals surface area contributed by atoms with Crippen LogP contribution in [0.5, 0.6) is 0 Å². The van der Waals surface area contributed by atoms with Crippen LogP contribution in [0.1, 0.15) is 19.3 Å². The Labute approximate surface area is 99.9 Å². The molecule has 0 radical (unpaired) electrons. The summed E-state index contributed by atoms with van der Waals surface area (Å²) in [5.74, 6) is 0.650. The van der Waals surface area contributed by atoms with Crippen LogP contribution < -0.4 is 5.32 Å². The zero-order chi connectivity index (χ0) is 12.3. The van der Waals surface area contributed by atoms with E-state index in [9.17, 15) is 13.2 Å². The van der Waals surface area contributed by atoms with Crippen LogP contribution in [-0.2, 0) is 0 Å². The molecule has 2 heterocycles. The second kappa shape index (κ2) is 5.40. The van der Waals surface area contributed by atoms with Gasteiger partial charge in [0.1, 0.15) is 0 Å². The first-order chi connectivity index (χ1) is 8.05. The minimum Gasteiger partial charge on any atom is -0.317 e. The summed E-state index contributed by atoms with van der Waals surface area (Å²) in [6, 6.07) is 0. The number of nitrogens with zero attached hydrogens (tertiary/aromatic N) is 1. The molecule has 0 aromatic rings. The van der Waals surface area contributed by atoms with E-state index in [0.717, 1.165) is 32.5 Å². The second-order valence-electron chi connectivity index (χ2n) is 4.93. The summed E-state index contributed by atoms with van der Waals surface area (Å²) in [5.41, 5.74) is -0.348. The molecule has 1 N–H and O–H groups in total. The monoisotopic (exact) mass is 248 g/mol. The topological polar surface area (TPSA) is 15.3 Å². The summed E-state index contributed by atoms with van der Waals surface area (Å²) in [4.78, 5) is 2.14. The van der Waals surface area contributed by atoms with Gasteiger partial charge in [-0.15, -0.1) is 0 Å². The van der Waals surface area contributed by atoms with Gasteiger partial charge in [0, 0.05) is 25.2 Å². The zero-order valence-electron chi connectivity index (χ0n) is 9.89. The van der Waals surface area contributed by atoms with E-state index in [2.05, 4.69) is 10.2 Å². The Hall–Kier alpha value is -0.550. The molecular formula is C12H19F3N2. The van der Waals surface area contributed by atoms with Gasteiger partial charge in [0.05, 0.1) is 0 Å². The van der Waals surface area contributed by atoms with Crippen molar-refractivity contribution in [2.24, 2.45) is 5.92 Å². The predicted molar refractivity (Wildman–Crippen MR) is 60.8 cm³/mol. The first-order valence-electron chi connectivity index (χ1n) is 6.25. The van der Waals surface area contributed by atoms with Crippen molar-refractivity contribution in [1.29, 1.82) is 0 Å². The second-order valence-corrected chi connectivity index (χ2v) is 4.93. The van der Waals surface area contributed by atoms with E-state index >= 15 is 0 Å². The number of alkyl halides is 3. The van der Waals surface area contributed by atoms with E-state index in [1.165, 1.54) is 6.08 Å². The first-order valence-corrected chi connectivity index (χ1v) is 6.25. The Kier molecular flexibility index (Phi) is 4.09. The molecule has 0 unspecified atom stereocenters. The van der Waals surface area contributed by atoms with E-state index in [1.807, 2.05) is 0 Å². The Morgan fingerprint density at radius 3 is 2.53 bits per heavy atom. The Bertz CT molecular complexity index is 280. The lowest BCUT2D eigenvalue weighted by molar-refractivity contribution is -0.0961. The van der Waals surface area contributed by atoms with Crippen LogP contribution in [0.4, 0.5) is 13.2 Å². The molecule has 2 rings (SSSR count). The third-order valence-electron chi connectivity index (χ3n) is 3.63. The average Bonchev–Trinajstić information content (AvgIpc) is 2.30. The molecule has 98 valence electrons. The van der Waals surface area contributed by atoms with E-state index in [1.54, 1.807) is 0 Å². The molecule has 0 amide bonds. The van der Waals surface area contributed by atoms with Gasteiger partial charge in [-0.05, 0) is 38.3 Å². The van der Waals surface area contributed by atoms with Crippen molar-refractivity contribution in [3.05, 3.63) is 11.6 Å². The fraction of sp³-hybridized carbons (Fsp3) is 0.833. The summed E-state index contributed by atoms with van der Waals surface area (Å²) in [5, 5.41) is 3.30. The van der Waals surface area contributed by atoms with Crippen molar-refractivity contribution in [1.82, 2.24) is 10.2 Å². The molecule has 0 atom stereocenters. The van der Waals surface area contributed by atoms with Crippen LogP contribution in [0, 0.1) is 5.92 Å². The van der Waals surface area contributed by atoms with Crippen LogP contribution in [0.2, 0.25) is 0 Å². The smallest absolute Gasteiger partial charge is 0.317 e. The van der Waals surface area contributed by atoms with Gasteiger partial charge in [0.25, 0.3) is 0 Å². The molecule has 1 saturated heterocycles. The fourth-order valence-corrected chi connectivity index (χ4v) is 2.56. The summed E-state index contributed by atoms with van der Waals surface area (Å²) < 4.78 is 37.3. The lowest BCUT2D eigenvalue weighted by Gasteiger charge is -2.32. The van der Waals surface area contributed by atoms with Gasteiger partial charge >= 0.3 is 6.18 Å². The average molecular weight is 248 g/mol. The minimum absolute atomic E-state index is 0.147. The predicted octanol–water partition coefficient (Wildman–Crippen LogP) is 2.18. The van der Waals surface area contributed by atoms with Crippen molar-refractivity contribution in [3.63, 3.8) is 0 Å². The van der Waals surface area contributed by atoms with Gasteiger partial charge in [0.2, 0.25) is 0 Å². The molecule has 0 spiro atoms. The summed E-state index contributed by atoms with van der Waals surface area (Å²) >= 11 is 0. The molecular weight excluding hydrogens is 229 g/mol. The molecule has 0 bridgehead atoms. The first kappa shape index (κ1) is 12.9. The maximum atomic E-state index is 12.4. The van der Waals surface area contributed by atoms with E-state index in [-0.39, 0.29) is 12.0 Å². The maximum Gasteiger partial charge on any atom is 0.412 e. The summed E-state index contributed by atoms with van der Waals surface area (Å²) in [6.07, 6.45) is -0.335. The molecule has 2 aliphatic rings. The Morgan fingerprint density at radius 1 is 1.29 bits per heavy atom. The molecule has 2 nitrogen and oxygen atoms in total. The molecule has 0 aromatic carbocycles. The number of hydrogen-bond acceptors (Lipinski definition) is 2. The highest BCUT2D eigenvalue weighted by Crippen LogP contribution is 2.30.